The molecule has 112 valence electrons. The average Bonchev–Trinajstić information content (AvgIpc) is 2.98. The quantitative estimate of drug-likeness (QED) is 0.752. The van der Waals surface area contributed by atoms with Crippen LogP contribution in [0.4, 0.5) is 5.82 Å². The van der Waals surface area contributed by atoms with Crippen molar-refractivity contribution in [2.24, 2.45) is 5.73 Å². The third-order valence-electron chi connectivity index (χ3n) is 3.25. The van der Waals surface area contributed by atoms with E-state index < -0.39 is 11.9 Å². The first kappa shape index (κ1) is 14.7. The molecule has 7 heteroatoms. The van der Waals surface area contributed by atoms with E-state index in [0.29, 0.717) is 17.3 Å². The topological polar surface area (TPSA) is 80.9 Å². The monoisotopic (exact) mass is 332 g/mol. The van der Waals surface area contributed by atoms with Crippen LogP contribution in [0.15, 0.2) is 42.0 Å². The maximum absolute atomic E-state index is 11.7. The maximum Gasteiger partial charge on any atom is 0.240 e. The van der Waals surface area contributed by atoms with Gasteiger partial charge in [-0.1, -0.05) is 23.7 Å². The number of hydrogen-bond donors (Lipinski definition) is 2. The number of primary amides is 1. The maximum atomic E-state index is 11.7. The van der Waals surface area contributed by atoms with Crippen molar-refractivity contribution in [3.05, 3.63) is 52.6 Å². The molecule has 0 aliphatic heterocycles. The van der Waals surface area contributed by atoms with E-state index >= 15 is 0 Å². The van der Waals surface area contributed by atoms with Crippen molar-refractivity contribution in [1.82, 2.24) is 9.97 Å². The molecule has 0 saturated carbocycles. The summed E-state index contributed by atoms with van der Waals surface area (Å²) in [7, 11) is 0. The second kappa shape index (κ2) is 6.29. The van der Waals surface area contributed by atoms with Crippen molar-refractivity contribution in [1.29, 1.82) is 0 Å². The van der Waals surface area contributed by atoms with Crippen molar-refractivity contribution < 1.29 is 4.79 Å². The fraction of sp³-hybridized carbons (Fsp3) is 0.133. The lowest BCUT2D eigenvalue weighted by molar-refractivity contribution is -0.118. The molecule has 2 aromatic heterocycles. The van der Waals surface area contributed by atoms with Gasteiger partial charge in [0, 0.05) is 11.4 Å². The summed E-state index contributed by atoms with van der Waals surface area (Å²) in [5.74, 6) is 0.191. The lowest BCUT2D eigenvalue weighted by atomic mass is 10.1. The molecule has 3 N–H and O–H groups in total. The van der Waals surface area contributed by atoms with Gasteiger partial charge in [-0.2, -0.15) is 0 Å². The zero-order chi connectivity index (χ0) is 15.5. The van der Waals surface area contributed by atoms with Crippen LogP contribution < -0.4 is 11.1 Å². The molecular formula is C15H13ClN4OS. The molecule has 3 aromatic rings. The summed E-state index contributed by atoms with van der Waals surface area (Å²) in [5, 5.41) is 5.71. The number of nitrogens with one attached hydrogen (secondary N) is 1. The first-order chi connectivity index (χ1) is 10.6. The number of hydrogen-bond acceptors (Lipinski definition) is 5. The number of anilines is 1. The van der Waals surface area contributed by atoms with E-state index in [-0.39, 0.29) is 0 Å². The van der Waals surface area contributed by atoms with Crippen molar-refractivity contribution in [2.75, 3.05) is 5.32 Å². The summed E-state index contributed by atoms with van der Waals surface area (Å²) >= 11 is 7.39. The molecule has 1 unspecified atom stereocenters. The largest absolute Gasteiger partial charge is 0.368 e. The fourth-order valence-electron chi connectivity index (χ4n) is 2.14. The molecule has 0 saturated heterocycles. The molecule has 0 radical (unpaired) electrons. The highest BCUT2D eigenvalue weighted by molar-refractivity contribution is 7.17. The minimum atomic E-state index is -0.554. The number of halogens is 1. The molecule has 0 aliphatic rings. The Hall–Kier alpha value is -2.18. The number of carbonyl (C=O) groups excluding carboxylic acids is 1. The van der Waals surface area contributed by atoms with E-state index in [0.717, 1.165) is 15.8 Å². The first-order valence-electron chi connectivity index (χ1n) is 6.62. The predicted molar refractivity (Wildman–Crippen MR) is 89.2 cm³/mol. The van der Waals surface area contributed by atoms with Crippen LogP contribution in [0.1, 0.15) is 5.56 Å². The van der Waals surface area contributed by atoms with Gasteiger partial charge in [0.25, 0.3) is 0 Å². The first-order valence-corrected chi connectivity index (χ1v) is 7.88. The third kappa shape index (κ3) is 3.18. The smallest absolute Gasteiger partial charge is 0.240 e. The Bertz CT molecular complexity index is 803. The van der Waals surface area contributed by atoms with Crippen LogP contribution in [-0.2, 0) is 11.2 Å². The highest BCUT2D eigenvalue weighted by Gasteiger charge is 2.18. The van der Waals surface area contributed by atoms with Gasteiger partial charge in [-0.15, -0.1) is 11.3 Å². The van der Waals surface area contributed by atoms with Gasteiger partial charge < -0.3 is 11.1 Å². The molecule has 0 bridgehead atoms. The highest BCUT2D eigenvalue weighted by Crippen LogP contribution is 2.25. The minimum absolute atomic E-state index is 0.432. The van der Waals surface area contributed by atoms with Crippen LogP contribution >= 0.6 is 22.9 Å². The Morgan fingerprint density at radius 3 is 2.77 bits per heavy atom. The Morgan fingerprint density at radius 1 is 1.27 bits per heavy atom. The van der Waals surface area contributed by atoms with E-state index in [1.54, 1.807) is 12.1 Å². The molecule has 3 rings (SSSR count). The summed E-state index contributed by atoms with van der Waals surface area (Å²) in [4.78, 5) is 20.1. The summed E-state index contributed by atoms with van der Waals surface area (Å²) in [6.07, 6.45) is 1.93. The molecule has 1 atom stereocenters. The molecular weight excluding hydrogens is 320 g/mol. The van der Waals surface area contributed by atoms with Gasteiger partial charge in [-0.25, -0.2) is 9.97 Å². The van der Waals surface area contributed by atoms with E-state index in [9.17, 15) is 4.79 Å². The number of amides is 1. The molecule has 5 nitrogen and oxygen atoms in total. The van der Waals surface area contributed by atoms with Crippen molar-refractivity contribution in [3.8, 4) is 0 Å². The van der Waals surface area contributed by atoms with Gasteiger partial charge in [0.2, 0.25) is 5.91 Å². The van der Waals surface area contributed by atoms with Crippen LogP contribution in [-0.4, -0.2) is 21.9 Å². The SMILES string of the molecule is NC(=O)C(Cc1ccc(Cl)cc1)Nc1ncnc2ccsc12. The standard InChI is InChI=1S/C15H13ClN4OS/c16-10-3-1-9(2-4-10)7-12(14(17)21)20-15-13-11(5-6-22-13)18-8-19-15/h1-6,8,12H,7H2,(H2,17,21)(H,18,19,20). The number of rotatable bonds is 5. The summed E-state index contributed by atoms with van der Waals surface area (Å²) in [5.41, 5.74) is 7.33. The highest BCUT2D eigenvalue weighted by atomic mass is 35.5. The molecule has 0 spiro atoms. The van der Waals surface area contributed by atoms with Crippen LogP contribution in [0.3, 0.4) is 0 Å². The second-order valence-electron chi connectivity index (χ2n) is 4.79. The normalized spacial score (nSPS) is 12.2. The van der Waals surface area contributed by atoms with E-state index in [1.807, 2.05) is 23.6 Å². The van der Waals surface area contributed by atoms with Crippen LogP contribution in [0, 0.1) is 0 Å². The summed E-state index contributed by atoms with van der Waals surface area (Å²) < 4.78 is 0.907. The predicted octanol–water partition coefficient (Wildman–Crippen LogP) is 2.85. The lowest BCUT2D eigenvalue weighted by Gasteiger charge is -2.16. The Balaban J connectivity index is 1.84. The zero-order valence-electron chi connectivity index (χ0n) is 11.5. The molecule has 0 aliphatic carbocycles. The zero-order valence-corrected chi connectivity index (χ0v) is 13.1. The number of thiophene rings is 1. The van der Waals surface area contributed by atoms with Gasteiger partial charge in [0.05, 0.1) is 10.2 Å². The molecule has 0 fully saturated rings. The fourth-order valence-corrected chi connectivity index (χ4v) is 3.06. The second-order valence-corrected chi connectivity index (χ2v) is 6.14. The third-order valence-corrected chi connectivity index (χ3v) is 4.41. The number of nitrogens with two attached hydrogens (primary N) is 1. The van der Waals surface area contributed by atoms with Gasteiger partial charge in [-0.05, 0) is 29.1 Å². The number of carbonyl (C=O) groups is 1. The molecule has 22 heavy (non-hydrogen) atoms. The molecule has 1 aromatic carbocycles. The number of benzene rings is 1. The number of nitrogens with zero attached hydrogens (tertiary/aromatic N) is 2. The van der Waals surface area contributed by atoms with Gasteiger partial charge in [0.15, 0.2) is 0 Å². The van der Waals surface area contributed by atoms with Crippen LogP contribution in [0.2, 0.25) is 5.02 Å². The van der Waals surface area contributed by atoms with E-state index in [2.05, 4.69) is 15.3 Å². The molecule has 1 amide bonds. The summed E-state index contributed by atoms with van der Waals surface area (Å²) in [6.45, 7) is 0. The van der Waals surface area contributed by atoms with E-state index in [4.69, 9.17) is 17.3 Å². The Labute approximate surface area is 136 Å². The van der Waals surface area contributed by atoms with Crippen molar-refractivity contribution in [3.63, 3.8) is 0 Å². The van der Waals surface area contributed by atoms with Gasteiger partial charge in [0.1, 0.15) is 18.2 Å². The minimum Gasteiger partial charge on any atom is -0.368 e. The number of aromatic nitrogens is 2. The summed E-state index contributed by atoms with van der Waals surface area (Å²) in [6, 6.07) is 8.68. The van der Waals surface area contributed by atoms with E-state index in [1.165, 1.54) is 17.7 Å². The van der Waals surface area contributed by atoms with Crippen LogP contribution in [0.5, 0.6) is 0 Å². The van der Waals surface area contributed by atoms with Crippen LogP contribution in [0.25, 0.3) is 10.2 Å². The van der Waals surface area contributed by atoms with Gasteiger partial charge in [-0.3, -0.25) is 4.79 Å². The Kier molecular flexibility index (Phi) is 4.22. The van der Waals surface area contributed by atoms with Crippen molar-refractivity contribution >= 4 is 44.9 Å². The molecule has 2 heterocycles. The average molecular weight is 333 g/mol. The van der Waals surface area contributed by atoms with Crippen molar-refractivity contribution in [2.45, 2.75) is 12.5 Å². The Morgan fingerprint density at radius 2 is 2.05 bits per heavy atom. The lowest BCUT2D eigenvalue weighted by Crippen LogP contribution is -2.37. The number of fused-ring (bicyclic) bond motifs is 1. The van der Waals surface area contributed by atoms with Gasteiger partial charge >= 0.3 is 0 Å².